The van der Waals surface area contributed by atoms with Crippen LogP contribution in [0.1, 0.15) is 59.8 Å². The third-order valence-corrected chi connectivity index (χ3v) is 6.08. The number of benzene rings is 2. The summed E-state index contributed by atoms with van der Waals surface area (Å²) in [6.45, 7) is 8.26. The molecule has 2 fully saturated rings. The van der Waals surface area contributed by atoms with E-state index < -0.39 is 12.9 Å². The summed E-state index contributed by atoms with van der Waals surface area (Å²) < 4.78 is 11.9. The molecule has 4 N–H and O–H groups in total. The topological polar surface area (TPSA) is 99.4 Å². The molecule has 1 heterocycles. The minimum atomic E-state index is -1.34. The van der Waals surface area contributed by atoms with Crippen LogP contribution in [0.5, 0.6) is 0 Å². The molecule has 0 unspecified atom stereocenters. The molecule has 2 aromatic rings. The van der Waals surface area contributed by atoms with E-state index in [0.29, 0.717) is 18.3 Å². The fourth-order valence-electron chi connectivity index (χ4n) is 3.33. The van der Waals surface area contributed by atoms with Crippen LogP contribution in [0, 0.1) is 0 Å². The average molecular weight is 442 g/mol. The fourth-order valence-corrected chi connectivity index (χ4v) is 3.33. The maximum Gasteiger partial charge on any atom is 0.494 e. The number of hydrogen-bond donors (Lipinski definition) is 4. The predicted molar refractivity (Wildman–Crippen MR) is 129 cm³/mol. The zero-order valence-electron chi connectivity index (χ0n) is 19.6. The Kier molecular flexibility index (Phi) is 9.52. The molecule has 0 atom stereocenters. The van der Waals surface area contributed by atoms with Crippen molar-refractivity contribution in [3.05, 3.63) is 60.7 Å². The first-order valence-corrected chi connectivity index (χ1v) is 11.2. The molecule has 4 rings (SSSR count). The van der Waals surface area contributed by atoms with Crippen molar-refractivity contribution < 1.29 is 29.6 Å². The van der Waals surface area contributed by atoms with Gasteiger partial charge in [-0.3, -0.25) is 0 Å². The predicted octanol–water partition coefficient (Wildman–Crippen LogP) is 1.98. The monoisotopic (exact) mass is 442 g/mol. The van der Waals surface area contributed by atoms with Crippen molar-refractivity contribution in [2.45, 2.75) is 76.8 Å². The Labute approximate surface area is 192 Å². The molecule has 8 heteroatoms. The van der Waals surface area contributed by atoms with E-state index in [1.165, 1.54) is 0 Å². The maximum atomic E-state index is 8.93. The summed E-state index contributed by atoms with van der Waals surface area (Å²) in [6, 6.07) is 18.7. The van der Waals surface area contributed by atoms with Crippen LogP contribution in [0.15, 0.2) is 60.7 Å². The lowest BCUT2D eigenvalue weighted by molar-refractivity contribution is -0.180. The second-order valence-corrected chi connectivity index (χ2v) is 9.33. The lowest BCUT2D eigenvalue weighted by Gasteiger charge is -2.32. The lowest BCUT2D eigenvalue weighted by Crippen LogP contribution is -2.41. The van der Waals surface area contributed by atoms with E-state index in [9.17, 15) is 0 Å². The van der Waals surface area contributed by atoms with Gasteiger partial charge in [0.05, 0.1) is 11.2 Å². The second kappa shape index (κ2) is 11.5. The van der Waals surface area contributed by atoms with Gasteiger partial charge in [0.2, 0.25) is 0 Å². The zero-order valence-corrected chi connectivity index (χ0v) is 19.6. The molecule has 1 saturated heterocycles. The van der Waals surface area contributed by atoms with Gasteiger partial charge in [0, 0.05) is 12.8 Å². The van der Waals surface area contributed by atoms with Gasteiger partial charge in [-0.25, -0.2) is 0 Å². The molecule has 2 aromatic carbocycles. The molecule has 2 aliphatic rings. The van der Waals surface area contributed by atoms with Crippen LogP contribution in [0.3, 0.4) is 0 Å². The highest BCUT2D eigenvalue weighted by atomic mass is 16.7. The Morgan fingerprint density at radius 2 is 1.16 bits per heavy atom. The van der Waals surface area contributed by atoms with E-state index in [1.54, 1.807) is 24.3 Å². The van der Waals surface area contributed by atoms with Crippen LogP contribution in [0.2, 0.25) is 0 Å². The summed E-state index contributed by atoms with van der Waals surface area (Å²) in [6.07, 6.45) is 4.21. The quantitative estimate of drug-likeness (QED) is 0.420. The molecule has 1 saturated carbocycles. The molecule has 0 spiro atoms. The van der Waals surface area contributed by atoms with E-state index in [1.807, 2.05) is 36.4 Å². The van der Waals surface area contributed by atoms with E-state index in [4.69, 9.17) is 29.6 Å². The normalized spacial score (nSPS) is 20.3. The van der Waals surface area contributed by atoms with Crippen molar-refractivity contribution in [2.75, 3.05) is 0 Å². The van der Waals surface area contributed by atoms with Crippen molar-refractivity contribution in [2.24, 2.45) is 0 Å². The molecule has 1 aliphatic carbocycles. The molecule has 0 amide bonds. The van der Waals surface area contributed by atoms with Crippen molar-refractivity contribution in [3.8, 4) is 0 Å². The van der Waals surface area contributed by atoms with Crippen LogP contribution >= 0.6 is 0 Å². The van der Waals surface area contributed by atoms with Crippen molar-refractivity contribution >= 4 is 25.2 Å². The second-order valence-electron chi connectivity index (χ2n) is 9.33. The van der Waals surface area contributed by atoms with Gasteiger partial charge in [-0.1, -0.05) is 67.1 Å². The first kappa shape index (κ1) is 26.6. The summed E-state index contributed by atoms with van der Waals surface area (Å²) in [5, 5.41) is 35.0. The van der Waals surface area contributed by atoms with Crippen LogP contribution < -0.4 is 10.9 Å². The van der Waals surface area contributed by atoms with Gasteiger partial charge in [0.25, 0.3) is 0 Å². The average Bonchev–Trinajstić information content (AvgIpc) is 2.97. The first-order chi connectivity index (χ1) is 14.9. The Balaban J connectivity index is 0.000000183. The van der Waals surface area contributed by atoms with Crippen LogP contribution in [0.4, 0.5) is 0 Å². The Hall–Kier alpha value is -1.67. The summed E-state index contributed by atoms with van der Waals surface area (Å²) >= 11 is 0. The van der Waals surface area contributed by atoms with Crippen molar-refractivity contribution in [1.29, 1.82) is 0 Å². The summed E-state index contributed by atoms with van der Waals surface area (Å²) in [4.78, 5) is 0. The van der Waals surface area contributed by atoms with Gasteiger partial charge in [-0.2, -0.15) is 0 Å². The minimum Gasteiger partial charge on any atom is -0.423 e. The lowest BCUT2D eigenvalue weighted by atomic mass is 9.79. The van der Waals surface area contributed by atoms with E-state index >= 15 is 0 Å². The SMILES string of the molecule is CC1(C)OB(c2ccccc2)OC1(C)C.OB(O)c1ccccc1.OC1(O)CCCCC1. The van der Waals surface area contributed by atoms with Crippen LogP contribution in [0.25, 0.3) is 0 Å². The standard InChI is InChI=1S/C12H17BO2.C6H7BO2.C6H12O2/c1-11(2)12(3,4)15-13(14-11)10-8-6-5-7-9-10;8-7(9)6-4-2-1-3-5-6;7-6(8)4-2-1-3-5-6/h5-9H,1-4H3;1-5,8-9H;7-8H,1-5H2. The van der Waals surface area contributed by atoms with Crippen molar-refractivity contribution in [3.63, 3.8) is 0 Å². The molecule has 1 aliphatic heterocycles. The third-order valence-electron chi connectivity index (χ3n) is 6.08. The molecular formula is C24H36B2O6. The Bertz CT molecular complexity index is 773. The summed E-state index contributed by atoms with van der Waals surface area (Å²) in [5.74, 6) is -1.32. The van der Waals surface area contributed by atoms with Gasteiger partial charge in [-0.15, -0.1) is 0 Å². The van der Waals surface area contributed by atoms with E-state index in [-0.39, 0.29) is 18.3 Å². The minimum absolute atomic E-state index is 0.240. The van der Waals surface area contributed by atoms with Gasteiger partial charge >= 0.3 is 14.2 Å². The Morgan fingerprint density at radius 3 is 1.50 bits per heavy atom. The maximum absolute atomic E-state index is 8.93. The smallest absolute Gasteiger partial charge is 0.423 e. The number of rotatable bonds is 2. The van der Waals surface area contributed by atoms with Gasteiger partial charge in [0.1, 0.15) is 0 Å². The summed E-state index contributed by atoms with van der Waals surface area (Å²) in [5.41, 5.74) is 1.09. The van der Waals surface area contributed by atoms with Gasteiger partial charge in [-0.05, 0) is 51.5 Å². The van der Waals surface area contributed by atoms with E-state index in [2.05, 4.69) is 27.7 Å². The largest absolute Gasteiger partial charge is 0.494 e. The Morgan fingerprint density at radius 1 is 0.719 bits per heavy atom. The molecule has 174 valence electrons. The molecule has 0 radical (unpaired) electrons. The highest BCUT2D eigenvalue weighted by Gasteiger charge is 2.51. The molecule has 0 bridgehead atoms. The molecule has 0 aromatic heterocycles. The number of aliphatic hydroxyl groups is 2. The molecule has 32 heavy (non-hydrogen) atoms. The van der Waals surface area contributed by atoms with Gasteiger partial charge in [0.15, 0.2) is 5.79 Å². The first-order valence-electron chi connectivity index (χ1n) is 11.2. The zero-order chi connectivity index (χ0) is 23.8. The van der Waals surface area contributed by atoms with Gasteiger partial charge < -0.3 is 29.6 Å². The summed E-state index contributed by atoms with van der Waals surface area (Å²) in [7, 11) is -1.58. The highest BCUT2D eigenvalue weighted by molar-refractivity contribution is 6.62. The fraction of sp³-hybridized carbons (Fsp3) is 0.500. The highest BCUT2D eigenvalue weighted by Crippen LogP contribution is 2.36. The van der Waals surface area contributed by atoms with E-state index in [0.717, 1.165) is 24.7 Å². The molecular weight excluding hydrogens is 406 g/mol. The molecule has 6 nitrogen and oxygen atoms in total. The number of hydrogen-bond acceptors (Lipinski definition) is 6. The van der Waals surface area contributed by atoms with Crippen molar-refractivity contribution in [1.82, 2.24) is 0 Å². The third kappa shape index (κ3) is 8.03. The van der Waals surface area contributed by atoms with Crippen LogP contribution in [-0.4, -0.2) is 51.5 Å². The van der Waals surface area contributed by atoms with Crippen LogP contribution in [-0.2, 0) is 9.31 Å².